The predicted octanol–water partition coefficient (Wildman–Crippen LogP) is 4.18. The summed E-state index contributed by atoms with van der Waals surface area (Å²) in [7, 11) is 1.52. The fraction of sp³-hybridized carbons (Fsp3) is 0.312. The quantitative estimate of drug-likeness (QED) is 0.674. The lowest BCUT2D eigenvalue weighted by atomic mass is 10.1. The molecule has 5 nitrogen and oxygen atoms in total. The van der Waals surface area contributed by atoms with Crippen LogP contribution in [0.2, 0.25) is 5.15 Å². The van der Waals surface area contributed by atoms with Gasteiger partial charge in [-0.15, -0.1) is 0 Å². The van der Waals surface area contributed by atoms with Crippen molar-refractivity contribution in [2.24, 2.45) is 0 Å². The second-order valence-electron chi connectivity index (χ2n) is 5.49. The number of imidazole rings is 1. The van der Waals surface area contributed by atoms with Gasteiger partial charge < -0.3 is 9.30 Å². The Kier molecular flexibility index (Phi) is 3.93. The summed E-state index contributed by atoms with van der Waals surface area (Å²) in [4.78, 5) is 12.6. The number of rotatable bonds is 3. The van der Waals surface area contributed by atoms with E-state index in [1.54, 1.807) is 6.07 Å². The molecule has 0 amide bonds. The number of nitrogens with zero attached hydrogens (tertiary/aromatic N) is 4. The zero-order valence-electron chi connectivity index (χ0n) is 13.3. The second kappa shape index (κ2) is 5.77. The summed E-state index contributed by atoms with van der Waals surface area (Å²) in [6.07, 6.45) is 1.08. The second-order valence-corrected chi connectivity index (χ2v) is 5.88. The lowest BCUT2D eigenvalue weighted by molar-refractivity contribution is 0.403. The number of aromatic nitrogens is 4. The fourth-order valence-corrected chi connectivity index (χ4v) is 2.88. The lowest BCUT2D eigenvalue weighted by Crippen LogP contribution is -2.03. The van der Waals surface area contributed by atoms with Crippen LogP contribution in [0.15, 0.2) is 18.3 Å². The van der Waals surface area contributed by atoms with Crippen molar-refractivity contribution in [3.8, 4) is 17.1 Å². The van der Waals surface area contributed by atoms with E-state index in [2.05, 4.69) is 33.4 Å². The summed E-state index contributed by atoms with van der Waals surface area (Å²) in [6.45, 7) is 6.04. The first kappa shape index (κ1) is 15.7. The van der Waals surface area contributed by atoms with Gasteiger partial charge >= 0.3 is 0 Å². The highest BCUT2D eigenvalue weighted by atomic mass is 35.5. The molecule has 0 spiro atoms. The standard InChI is InChI=1S/C16H16ClFN4O/c1-8(2)22-9(3)20-15-13(22)6-12(21-16(15)23-4)10-5-14(17)19-7-11(10)18/h5-8H,1-4H3. The Morgan fingerprint density at radius 1 is 1.26 bits per heavy atom. The number of methoxy groups -OCH3 is 1. The van der Waals surface area contributed by atoms with Crippen LogP contribution in [-0.4, -0.2) is 26.6 Å². The van der Waals surface area contributed by atoms with Gasteiger partial charge in [0.2, 0.25) is 5.88 Å². The molecule has 0 saturated heterocycles. The van der Waals surface area contributed by atoms with Crippen molar-refractivity contribution in [3.05, 3.63) is 35.1 Å². The first-order valence-corrected chi connectivity index (χ1v) is 7.55. The van der Waals surface area contributed by atoms with Crippen LogP contribution in [0, 0.1) is 12.7 Å². The van der Waals surface area contributed by atoms with E-state index in [0.29, 0.717) is 17.1 Å². The molecule has 7 heteroatoms. The van der Waals surface area contributed by atoms with E-state index in [-0.39, 0.29) is 16.8 Å². The van der Waals surface area contributed by atoms with Gasteiger partial charge in [-0.25, -0.2) is 19.3 Å². The molecule has 0 aliphatic rings. The minimum atomic E-state index is -0.490. The molecule has 0 N–H and O–H groups in total. The number of halogens is 2. The number of hydrogen-bond donors (Lipinski definition) is 0. The summed E-state index contributed by atoms with van der Waals surface area (Å²) in [5, 5.41) is 0.204. The van der Waals surface area contributed by atoms with Crippen LogP contribution in [0.25, 0.3) is 22.3 Å². The molecular formula is C16H16ClFN4O. The van der Waals surface area contributed by atoms with E-state index in [1.807, 2.05) is 6.92 Å². The SMILES string of the molecule is COc1nc(-c2cc(Cl)ncc2F)cc2c1nc(C)n2C(C)C. The third kappa shape index (κ3) is 2.63. The Morgan fingerprint density at radius 3 is 2.65 bits per heavy atom. The zero-order valence-corrected chi connectivity index (χ0v) is 14.0. The highest BCUT2D eigenvalue weighted by molar-refractivity contribution is 6.29. The molecule has 3 aromatic heterocycles. The molecule has 0 bridgehead atoms. The largest absolute Gasteiger partial charge is 0.479 e. The van der Waals surface area contributed by atoms with Crippen LogP contribution >= 0.6 is 11.6 Å². The molecule has 0 fully saturated rings. The topological polar surface area (TPSA) is 52.8 Å². The molecule has 23 heavy (non-hydrogen) atoms. The number of hydrogen-bond acceptors (Lipinski definition) is 4. The van der Waals surface area contributed by atoms with Crippen LogP contribution in [0.5, 0.6) is 5.88 Å². The van der Waals surface area contributed by atoms with Crippen molar-refractivity contribution in [2.45, 2.75) is 26.8 Å². The first-order valence-electron chi connectivity index (χ1n) is 7.17. The van der Waals surface area contributed by atoms with Crippen molar-refractivity contribution in [2.75, 3.05) is 7.11 Å². The molecule has 0 saturated carbocycles. The Morgan fingerprint density at radius 2 is 2.00 bits per heavy atom. The van der Waals surface area contributed by atoms with Crippen LogP contribution < -0.4 is 4.74 Å². The van der Waals surface area contributed by atoms with Crippen molar-refractivity contribution in [1.29, 1.82) is 0 Å². The van der Waals surface area contributed by atoms with Crippen LogP contribution in [0.1, 0.15) is 25.7 Å². The van der Waals surface area contributed by atoms with Crippen LogP contribution in [0.3, 0.4) is 0 Å². The summed E-state index contributed by atoms with van der Waals surface area (Å²) < 4.78 is 21.5. The van der Waals surface area contributed by atoms with E-state index < -0.39 is 5.82 Å². The molecule has 3 aromatic rings. The molecular weight excluding hydrogens is 319 g/mol. The Hall–Kier alpha value is -2.21. The monoisotopic (exact) mass is 334 g/mol. The number of ether oxygens (including phenoxy) is 1. The molecule has 3 heterocycles. The molecule has 120 valence electrons. The normalized spacial score (nSPS) is 11.4. The van der Waals surface area contributed by atoms with Crippen molar-refractivity contribution in [1.82, 2.24) is 19.5 Å². The Balaban J connectivity index is 2.35. The van der Waals surface area contributed by atoms with Gasteiger partial charge in [-0.3, -0.25) is 0 Å². The Bertz CT molecular complexity index is 891. The van der Waals surface area contributed by atoms with Gasteiger partial charge in [-0.05, 0) is 32.9 Å². The van der Waals surface area contributed by atoms with Crippen molar-refractivity contribution >= 4 is 22.6 Å². The molecule has 0 aliphatic heterocycles. The van der Waals surface area contributed by atoms with Crippen molar-refractivity contribution in [3.63, 3.8) is 0 Å². The summed E-state index contributed by atoms with van der Waals surface area (Å²) in [5.74, 6) is 0.712. The van der Waals surface area contributed by atoms with E-state index in [1.165, 1.54) is 13.2 Å². The third-order valence-electron chi connectivity index (χ3n) is 3.63. The number of pyridine rings is 2. The minimum Gasteiger partial charge on any atom is -0.479 e. The van der Waals surface area contributed by atoms with Gasteiger partial charge in [-0.2, -0.15) is 0 Å². The fourth-order valence-electron chi connectivity index (χ4n) is 2.72. The molecule has 3 rings (SSSR count). The third-order valence-corrected chi connectivity index (χ3v) is 3.84. The van der Waals surface area contributed by atoms with E-state index in [0.717, 1.165) is 17.5 Å². The van der Waals surface area contributed by atoms with Gasteiger partial charge in [-0.1, -0.05) is 11.6 Å². The number of fused-ring (bicyclic) bond motifs is 1. The lowest BCUT2D eigenvalue weighted by Gasteiger charge is -2.12. The highest BCUT2D eigenvalue weighted by Crippen LogP contribution is 2.32. The zero-order chi connectivity index (χ0) is 16.7. The van der Waals surface area contributed by atoms with Gasteiger partial charge in [0.25, 0.3) is 0 Å². The molecule has 0 radical (unpaired) electrons. The molecule has 0 aliphatic carbocycles. The molecule has 0 aromatic carbocycles. The predicted molar refractivity (Wildman–Crippen MR) is 87.4 cm³/mol. The van der Waals surface area contributed by atoms with E-state index in [4.69, 9.17) is 16.3 Å². The maximum Gasteiger partial charge on any atom is 0.242 e. The van der Waals surface area contributed by atoms with Gasteiger partial charge in [0.15, 0.2) is 11.3 Å². The highest BCUT2D eigenvalue weighted by Gasteiger charge is 2.18. The molecule has 0 unspecified atom stereocenters. The van der Waals surface area contributed by atoms with Gasteiger partial charge in [0.05, 0.1) is 24.5 Å². The average Bonchev–Trinajstić information content (AvgIpc) is 2.84. The van der Waals surface area contributed by atoms with Gasteiger partial charge in [0, 0.05) is 11.6 Å². The number of aryl methyl sites for hydroxylation is 1. The van der Waals surface area contributed by atoms with E-state index in [9.17, 15) is 4.39 Å². The summed E-state index contributed by atoms with van der Waals surface area (Å²) >= 11 is 5.89. The molecule has 0 atom stereocenters. The minimum absolute atomic E-state index is 0.200. The van der Waals surface area contributed by atoms with Crippen molar-refractivity contribution < 1.29 is 9.13 Å². The van der Waals surface area contributed by atoms with E-state index >= 15 is 0 Å². The smallest absolute Gasteiger partial charge is 0.242 e. The van der Waals surface area contributed by atoms with Crippen LogP contribution in [-0.2, 0) is 0 Å². The van der Waals surface area contributed by atoms with Crippen LogP contribution in [0.4, 0.5) is 4.39 Å². The maximum absolute atomic E-state index is 14.1. The summed E-state index contributed by atoms with van der Waals surface area (Å²) in [6, 6.07) is 3.45. The first-order chi connectivity index (χ1) is 10.9. The maximum atomic E-state index is 14.1. The average molecular weight is 335 g/mol. The Labute approximate surface area is 138 Å². The van der Waals surface area contributed by atoms with Gasteiger partial charge in [0.1, 0.15) is 11.0 Å². The summed E-state index contributed by atoms with van der Waals surface area (Å²) in [5.41, 5.74) is 2.20.